The van der Waals surface area contributed by atoms with Crippen molar-refractivity contribution in [2.24, 2.45) is 0 Å². The molecule has 3 heterocycles. The Morgan fingerprint density at radius 1 is 1.00 bits per heavy atom. The molecule has 0 unspecified atom stereocenters. The van der Waals surface area contributed by atoms with Crippen LogP contribution in [-0.2, 0) is 19.4 Å². The van der Waals surface area contributed by atoms with Crippen molar-refractivity contribution in [3.63, 3.8) is 0 Å². The van der Waals surface area contributed by atoms with Crippen molar-refractivity contribution >= 4 is 11.3 Å². The monoisotopic (exact) mass is 355 g/mol. The lowest BCUT2D eigenvalue weighted by molar-refractivity contribution is 0.0927. The van der Waals surface area contributed by atoms with Crippen LogP contribution in [0.5, 0.6) is 0 Å². The molecule has 4 rings (SSSR count). The molecule has 2 aromatic rings. The van der Waals surface area contributed by atoms with Gasteiger partial charge in [0.25, 0.3) is 0 Å². The number of thiophene rings is 1. The molecule has 3 nitrogen and oxygen atoms in total. The molecule has 2 aliphatic rings. The summed E-state index contributed by atoms with van der Waals surface area (Å²) in [5.74, 6) is 0. The van der Waals surface area contributed by atoms with Crippen LogP contribution in [0.1, 0.15) is 16.0 Å². The van der Waals surface area contributed by atoms with Gasteiger partial charge >= 0.3 is 0 Å². The van der Waals surface area contributed by atoms with Crippen LogP contribution in [0.15, 0.2) is 41.8 Å². The van der Waals surface area contributed by atoms with E-state index in [2.05, 4.69) is 63.5 Å². The Hall–Kier alpha value is -1.20. The Morgan fingerprint density at radius 3 is 2.60 bits per heavy atom. The van der Waals surface area contributed by atoms with E-state index in [-0.39, 0.29) is 0 Å². The second-order valence-corrected chi connectivity index (χ2v) is 8.54. The van der Waals surface area contributed by atoms with Crippen molar-refractivity contribution in [1.82, 2.24) is 14.7 Å². The minimum Gasteiger partial charge on any atom is -0.304 e. The van der Waals surface area contributed by atoms with Crippen LogP contribution < -0.4 is 0 Å². The number of hydrogen-bond acceptors (Lipinski definition) is 4. The molecule has 0 amide bonds. The number of fused-ring (bicyclic) bond motifs is 1. The standard InChI is InChI=1S/C21H29N3S/c1-22-10-12-23(13-11-22)17-20(15-18-5-3-2-4-6-18)24-9-7-21-19(16-24)8-14-25-21/h2-6,8,14,20H,7,9-13,15-17H2,1H3/t20-/m1/s1. The highest BCUT2D eigenvalue weighted by molar-refractivity contribution is 7.10. The van der Waals surface area contributed by atoms with Crippen molar-refractivity contribution in [1.29, 1.82) is 0 Å². The zero-order valence-corrected chi connectivity index (χ0v) is 16.0. The summed E-state index contributed by atoms with van der Waals surface area (Å²) >= 11 is 1.94. The summed E-state index contributed by atoms with van der Waals surface area (Å²) in [6.07, 6.45) is 2.38. The summed E-state index contributed by atoms with van der Waals surface area (Å²) in [4.78, 5) is 9.47. The molecular weight excluding hydrogens is 326 g/mol. The quantitative estimate of drug-likeness (QED) is 0.816. The third-order valence-electron chi connectivity index (χ3n) is 5.73. The highest BCUT2D eigenvalue weighted by Gasteiger charge is 2.27. The predicted molar refractivity (Wildman–Crippen MR) is 106 cm³/mol. The fourth-order valence-electron chi connectivity index (χ4n) is 4.11. The number of nitrogens with zero attached hydrogens (tertiary/aromatic N) is 3. The van der Waals surface area contributed by atoms with E-state index in [0.717, 1.165) is 13.0 Å². The summed E-state index contributed by atoms with van der Waals surface area (Å²) < 4.78 is 0. The molecular formula is C21H29N3S. The van der Waals surface area contributed by atoms with E-state index in [1.165, 1.54) is 51.3 Å². The maximum Gasteiger partial charge on any atom is 0.0267 e. The van der Waals surface area contributed by atoms with Crippen molar-refractivity contribution in [3.8, 4) is 0 Å². The lowest BCUT2D eigenvalue weighted by Gasteiger charge is -2.40. The highest BCUT2D eigenvalue weighted by Crippen LogP contribution is 2.26. The van der Waals surface area contributed by atoms with E-state index in [0.29, 0.717) is 6.04 Å². The van der Waals surface area contributed by atoms with Crippen LogP contribution in [-0.4, -0.2) is 67.1 Å². The van der Waals surface area contributed by atoms with E-state index < -0.39 is 0 Å². The second-order valence-electron chi connectivity index (χ2n) is 7.54. The van der Waals surface area contributed by atoms with Crippen LogP contribution in [0.25, 0.3) is 0 Å². The topological polar surface area (TPSA) is 9.72 Å². The van der Waals surface area contributed by atoms with Crippen LogP contribution >= 0.6 is 11.3 Å². The maximum atomic E-state index is 2.74. The Balaban J connectivity index is 1.47. The number of rotatable bonds is 5. The van der Waals surface area contributed by atoms with Gasteiger partial charge in [-0.3, -0.25) is 9.80 Å². The summed E-state index contributed by atoms with van der Waals surface area (Å²) in [6.45, 7) is 8.35. The van der Waals surface area contributed by atoms with E-state index in [1.807, 2.05) is 11.3 Å². The smallest absolute Gasteiger partial charge is 0.0267 e. The fraction of sp³-hybridized carbons (Fsp3) is 0.524. The highest BCUT2D eigenvalue weighted by atomic mass is 32.1. The van der Waals surface area contributed by atoms with Crippen LogP contribution in [0.3, 0.4) is 0 Å². The molecule has 0 bridgehead atoms. The van der Waals surface area contributed by atoms with Gasteiger partial charge in [-0.05, 0) is 42.5 Å². The first-order valence-electron chi connectivity index (χ1n) is 9.52. The SMILES string of the molecule is CN1CCN(C[C@@H](Cc2ccccc2)N2CCc3sccc3C2)CC1. The van der Waals surface area contributed by atoms with Gasteiger partial charge in [0.15, 0.2) is 0 Å². The average molecular weight is 356 g/mol. The summed E-state index contributed by atoms with van der Waals surface area (Å²) in [6, 6.07) is 14.0. The van der Waals surface area contributed by atoms with E-state index in [4.69, 9.17) is 0 Å². The molecule has 2 aliphatic heterocycles. The van der Waals surface area contributed by atoms with Crippen molar-refractivity contribution < 1.29 is 0 Å². The Bertz CT molecular complexity index is 661. The van der Waals surface area contributed by atoms with E-state index >= 15 is 0 Å². The minimum absolute atomic E-state index is 0.610. The zero-order chi connectivity index (χ0) is 17.1. The summed E-state index contributed by atoms with van der Waals surface area (Å²) in [5, 5.41) is 2.26. The maximum absolute atomic E-state index is 2.74. The van der Waals surface area contributed by atoms with Gasteiger partial charge in [0, 0.05) is 56.7 Å². The third kappa shape index (κ3) is 4.32. The first-order valence-corrected chi connectivity index (χ1v) is 10.4. The normalized spacial score (nSPS) is 21.2. The minimum atomic E-state index is 0.610. The second kappa shape index (κ2) is 8.00. The van der Waals surface area contributed by atoms with Crippen LogP contribution in [0, 0.1) is 0 Å². The fourth-order valence-corrected chi connectivity index (χ4v) is 5.00. The van der Waals surface area contributed by atoms with Gasteiger partial charge in [-0.25, -0.2) is 0 Å². The average Bonchev–Trinajstić information content (AvgIpc) is 3.11. The Labute approximate surface area is 155 Å². The first kappa shape index (κ1) is 17.2. The van der Waals surface area contributed by atoms with Crippen molar-refractivity contribution in [3.05, 3.63) is 57.8 Å². The van der Waals surface area contributed by atoms with Crippen LogP contribution in [0.2, 0.25) is 0 Å². The Kier molecular flexibility index (Phi) is 5.51. The molecule has 1 atom stereocenters. The van der Waals surface area contributed by atoms with Gasteiger partial charge < -0.3 is 4.90 Å². The lowest BCUT2D eigenvalue weighted by atomic mass is 10.0. The molecule has 0 N–H and O–H groups in total. The molecule has 0 radical (unpaired) electrons. The van der Waals surface area contributed by atoms with Gasteiger partial charge in [0.05, 0.1) is 0 Å². The largest absolute Gasteiger partial charge is 0.304 e. The number of hydrogen-bond donors (Lipinski definition) is 0. The van der Waals surface area contributed by atoms with Gasteiger partial charge in [0.1, 0.15) is 0 Å². The molecule has 0 aliphatic carbocycles. The van der Waals surface area contributed by atoms with E-state index in [1.54, 1.807) is 10.4 Å². The van der Waals surface area contributed by atoms with Crippen LogP contribution in [0.4, 0.5) is 0 Å². The molecule has 4 heteroatoms. The number of benzene rings is 1. The molecule has 0 saturated carbocycles. The number of likely N-dealkylation sites (N-methyl/N-ethyl adjacent to an activating group) is 1. The van der Waals surface area contributed by atoms with Gasteiger partial charge in [-0.1, -0.05) is 30.3 Å². The van der Waals surface area contributed by atoms with Crippen molar-refractivity contribution in [2.45, 2.75) is 25.4 Å². The van der Waals surface area contributed by atoms with Gasteiger partial charge in [-0.2, -0.15) is 0 Å². The molecule has 134 valence electrons. The zero-order valence-electron chi connectivity index (χ0n) is 15.2. The predicted octanol–water partition coefficient (Wildman–Crippen LogP) is 2.96. The molecule has 1 aromatic heterocycles. The Morgan fingerprint density at radius 2 is 1.80 bits per heavy atom. The van der Waals surface area contributed by atoms with E-state index in [9.17, 15) is 0 Å². The lowest BCUT2D eigenvalue weighted by Crippen LogP contribution is -2.52. The number of piperazine rings is 1. The molecule has 25 heavy (non-hydrogen) atoms. The molecule has 1 saturated heterocycles. The third-order valence-corrected chi connectivity index (χ3v) is 6.76. The van der Waals surface area contributed by atoms with Crippen molar-refractivity contribution in [2.75, 3.05) is 46.3 Å². The van der Waals surface area contributed by atoms with Gasteiger partial charge in [-0.15, -0.1) is 11.3 Å². The molecule has 0 spiro atoms. The molecule has 1 fully saturated rings. The first-order chi connectivity index (χ1) is 12.3. The molecule has 1 aromatic carbocycles. The van der Waals surface area contributed by atoms with Gasteiger partial charge in [0.2, 0.25) is 0 Å². The summed E-state index contributed by atoms with van der Waals surface area (Å²) in [5.41, 5.74) is 3.03. The summed E-state index contributed by atoms with van der Waals surface area (Å²) in [7, 11) is 2.24.